The summed E-state index contributed by atoms with van der Waals surface area (Å²) < 4.78 is 20.2. The Morgan fingerprint density at radius 3 is 1.96 bits per heavy atom. The first-order valence-electron chi connectivity index (χ1n) is 7.20. The van der Waals surface area contributed by atoms with Gasteiger partial charge in [0.2, 0.25) is 5.91 Å². The van der Waals surface area contributed by atoms with E-state index in [1.807, 2.05) is 0 Å². The Morgan fingerprint density at radius 1 is 0.958 bits per heavy atom. The fourth-order valence-electron chi connectivity index (χ4n) is 2.33. The van der Waals surface area contributed by atoms with Crippen molar-refractivity contribution in [3.05, 3.63) is 0 Å². The molecule has 5 atom stereocenters. The van der Waals surface area contributed by atoms with E-state index >= 15 is 0 Å². The maximum atomic E-state index is 11.5. The molecule has 1 fully saturated rings. The molecule has 1 saturated heterocycles. The Morgan fingerprint density at radius 2 is 1.50 bits per heavy atom. The molecule has 1 aliphatic heterocycles. The third-order valence-corrected chi connectivity index (χ3v) is 3.09. The normalized spacial score (nSPS) is 29.3. The fourth-order valence-corrected chi connectivity index (χ4v) is 2.33. The predicted octanol–water partition coefficient (Wildman–Crippen LogP) is -1.37. The van der Waals surface area contributed by atoms with E-state index in [1.165, 1.54) is 13.8 Å². The summed E-state index contributed by atoms with van der Waals surface area (Å²) >= 11 is 0. The van der Waals surface area contributed by atoms with E-state index < -0.39 is 54.5 Å². The van der Waals surface area contributed by atoms with Crippen molar-refractivity contribution >= 4 is 23.8 Å². The molecule has 1 heterocycles. The Hall–Kier alpha value is -2.20. The lowest BCUT2D eigenvalue weighted by Gasteiger charge is -2.43. The van der Waals surface area contributed by atoms with Gasteiger partial charge in [0.25, 0.3) is 0 Å². The molecule has 0 saturated carbocycles. The van der Waals surface area contributed by atoms with Crippen molar-refractivity contribution in [2.75, 3.05) is 6.61 Å². The zero-order chi connectivity index (χ0) is 18.4. The van der Waals surface area contributed by atoms with Crippen LogP contribution in [0.5, 0.6) is 0 Å². The molecule has 0 aromatic heterocycles. The molecule has 0 radical (unpaired) electrons. The Bertz CT molecular complexity index is 506. The number of aliphatic hydroxyl groups is 1. The quantitative estimate of drug-likeness (QED) is 0.456. The summed E-state index contributed by atoms with van der Waals surface area (Å²) in [7, 11) is 0. The highest BCUT2D eigenvalue weighted by molar-refractivity contribution is 5.74. The largest absolute Gasteiger partial charge is 0.463 e. The summed E-state index contributed by atoms with van der Waals surface area (Å²) in [6.07, 6.45) is -5.11. The molecule has 0 aromatic rings. The van der Waals surface area contributed by atoms with Gasteiger partial charge in [0.1, 0.15) is 18.8 Å². The molecule has 1 unspecified atom stereocenters. The number of hydrogen-bond acceptors (Lipinski definition) is 9. The average molecular weight is 347 g/mol. The van der Waals surface area contributed by atoms with Gasteiger partial charge in [-0.3, -0.25) is 19.2 Å². The minimum atomic E-state index is -1.61. The number of rotatable bonds is 5. The number of carbonyl (C=O) groups is 4. The lowest BCUT2D eigenvalue weighted by molar-refractivity contribution is -0.271. The topological polar surface area (TPSA) is 137 Å². The molecule has 136 valence electrons. The van der Waals surface area contributed by atoms with Crippen LogP contribution in [0.25, 0.3) is 0 Å². The summed E-state index contributed by atoms with van der Waals surface area (Å²) in [6, 6.07) is -1.08. The van der Waals surface area contributed by atoms with Crippen LogP contribution in [0.1, 0.15) is 27.7 Å². The number of esters is 3. The molecule has 1 rings (SSSR count). The van der Waals surface area contributed by atoms with Crippen LogP contribution in [-0.2, 0) is 38.1 Å². The minimum absolute atomic E-state index is 0.326. The van der Waals surface area contributed by atoms with E-state index in [2.05, 4.69) is 5.32 Å². The molecule has 2 N–H and O–H groups in total. The Balaban J connectivity index is 3.11. The van der Waals surface area contributed by atoms with Crippen LogP contribution in [0.15, 0.2) is 0 Å². The Kier molecular flexibility index (Phi) is 7.11. The molecular formula is C14H21NO9. The summed E-state index contributed by atoms with van der Waals surface area (Å²) in [5, 5.41) is 12.5. The molecule has 0 aliphatic carbocycles. The number of aliphatic hydroxyl groups excluding tert-OH is 1. The van der Waals surface area contributed by atoms with E-state index in [4.69, 9.17) is 18.9 Å². The number of ether oxygens (including phenoxy) is 4. The second kappa shape index (κ2) is 8.60. The smallest absolute Gasteiger partial charge is 0.303 e. The SMILES string of the molecule is CC(=O)NC1[C@@H](OC(C)=O)[C@H](O)O[C@H](COC(C)=O)[C@H]1OC(C)=O. The van der Waals surface area contributed by atoms with Crippen molar-refractivity contribution in [3.63, 3.8) is 0 Å². The molecule has 10 heteroatoms. The fraction of sp³-hybridized carbons (Fsp3) is 0.714. The van der Waals surface area contributed by atoms with Gasteiger partial charge in [-0.1, -0.05) is 0 Å². The average Bonchev–Trinajstić information content (AvgIpc) is 2.42. The first-order chi connectivity index (χ1) is 11.1. The van der Waals surface area contributed by atoms with Crippen molar-refractivity contribution in [3.8, 4) is 0 Å². The van der Waals surface area contributed by atoms with E-state index in [0.29, 0.717) is 0 Å². The monoisotopic (exact) mass is 347 g/mol. The summed E-state index contributed by atoms with van der Waals surface area (Å²) in [4.78, 5) is 45.0. The number of nitrogens with one attached hydrogen (secondary N) is 1. The van der Waals surface area contributed by atoms with Crippen molar-refractivity contribution in [1.82, 2.24) is 5.32 Å². The zero-order valence-corrected chi connectivity index (χ0v) is 13.8. The van der Waals surface area contributed by atoms with Crippen LogP contribution in [0.4, 0.5) is 0 Å². The summed E-state index contributed by atoms with van der Waals surface area (Å²) in [5.74, 6) is -2.52. The molecule has 0 aromatic carbocycles. The van der Waals surface area contributed by atoms with Gasteiger partial charge in [-0.15, -0.1) is 0 Å². The number of carbonyl (C=O) groups excluding carboxylic acids is 4. The molecule has 24 heavy (non-hydrogen) atoms. The van der Waals surface area contributed by atoms with Gasteiger partial charge >= 0.3 is 17.9 Å². The van der Waals surface area contributed by atoms with Gasteiger partial charge in [0.05, 0.1) is 0 Å². The van der Waals surface area contributed by atoms with Crippen molar-refractivity contribution in [2.24, 2.45) is 0 Å². The molecule has 0 bridgehead atoms. The summed E-state index contributed by atoms with van der Waals surface area (Å²) in [5.41, 5.74) is 0. The second-order valence-corrected chi connectivity index (χ2v) is 5.24. The third-order valence-electron chi connectivity index (χ3n) is 3.09. The van der Waals surface area contributed by atoms with Crippen LogP contribution in [-0.4, -0.2) is 66.2 Å². The van der Waals surface area contributed by atoms with E-state index in [-0.39, 0.29) is 6.61 Å². The number of amides is 1. The second-order valence-electron chi connectivity index (χ2n) is 5.24. The zero-order valence-electron chi connectivity index (χ0n) is 13.8. The Labute approximate surface area is 138 Å². The predicted molar refractivity (Wildman–Crippen MR) is 76.2 cm³/mol. The van der Waals surface area contributed by atoms with Crippen LogP contribution in [0, 0.1) is 0 Å². The van der Waals surface area contributed by atoms with Crippen molar-refractivity contribution in [1.29, 1.82) is 0 Å². The van der Waals surface area contributed by atoms with Crippen LogP contribution < -0.4 is 5.32 Å². The summed E-state index contributed by atoms with van der Waals surface area (Å²) in [6.45, 7) is 4.31. The van der Waals surface area contributed by atoms with E-state index in [1.54, 1.807) is 0 Å². The first kappa shape index (κ1) is 19.8. The molecular weight excluding hydrogens is 326 g/mol. The highest BCUT2D eigenvalue weighted by atomic mass is 16.7. The van der Waals surface area contributed by atoms with E-state index in [9.17, 15) is 24.3 Å². The van der Waals surface area contributed by atoms with Crippen LogP contribution in [0.2, 0.25) is 0 Å². The highest BCUT2D eigenvalue weighted by Gasteiger charge is 2.50. The molecule has 1 amide bonds. The minimum Gasteiger partial charge on any atom is -0.463 e. The lowest BCUT2D eigenvalue weighted by atomic mass is 9.95. The third kappa shape index (κ3) is 5.78. The maximum Gasteiger partial charge on any atom is 0.303 e. The van der Waals surface area contributed by atoms with Gasteiger partial charge in [-0.25, -0.2) is 0 Å². The lowest BCUT2D eigenvalue weighted by Crippen LogP contribution is -2.66. The first-order valence-corrected chi connectivity index (χ1v) is 7.20. The van der Waals surface area contributed by atoms with Gasteiger partial charge in [0.15, 0.2) is 18.5 Å². The van der Waals surface area contributed by atoms with Crippen LogP contribution >= 0.6 is 0 Å². The van der Waals surface area contributed by atoms with Gasteiger partial charge < -0.3 is 29.4 Å². The molecule has 0 spiro atoms. The van der Waals surface area contributed by atoms with Gasteiger partial charge in [-0.2, -0.15) is 0 Å². The molecule has 10 nitrogen and oxygen atoms in total. The van der Waals surface area contributed by atoms with Gasteiger partial charge in [-0.05, 0) is 0 Å². The van der Waals surface area contributed by atoms with Gasteiger partial charge in [0, 0.05) is 27.7 Å². The maximum absolute atomic E-state index is 11.5. The van der Waals surface area contributed by atoms with Crippen molar-refractivity contribution in [2.45, 2.75) is 58.3 Å². The highest BCUT2D eigenvalue weighted by Crippen LogP contribution is 2.25. The number of hydrogen-bond donors (Lipinski definition) is 2. The van der Waals surface area contributed by atoms with E-state index in [0.717, 1.165) is 13.8 Å². The van der Waals surface area contributed by atoms with Crippen LogP contribution in [0.3, 0.4) is 0 Å². The standard InChI is InChI=1S/C14H21NO9/c1-6(16)15-11-12(22-8(3)18)10(5-21-7(2)17)24-14(20)13(11)23-9(4)19/h10-14,20H,5H2,1-4H3,(H,15,16)/t10-,11?,12-,13-,14-/m1/s1. The molecule has 1 aliphatic rings. The van der Waals surface area contributed by atoms with Crippen molar-refractivity contribution < 1.29 is 43.2 Å².